The number of primary amides is 1. The van der Waals surface area contributed by atoms with Crippen LogP contribution in [0.1, 0.15) is 15.9 Å². The lowest BCUT2D eigenvalue weighted by Crippen LogP contribution is -2.12. The standard InChI is InChI=1S/C8H7BrFNO/c1-4-2-5(8(11)12)6(9)3-7(4)10/h2-3H,1H3,(H2,11,12). The van der Waals surface area contributed by atoms with Gasteiger partial charge in [-0.25, -0.2) is 4.39 Å². The Kier molecular flexibility index (Phi) is 2.47. The average molecular weight is 232 g/mol. The zero-order valence-corrected chi connectivity index (χ0v) is 7.98. The van der Waals surface area contributed by atoms with Gasteiger partial charge in [-0.1, -0.05) is 0 Å². The first-order chi connectivity index (χ1) is 5.52. The first kappa shape index (κ1) is 9.19. The molecule has 0 saturated heterocycles. The topological polar surface area (TPSA) is 43.1 Å². The molecule has 64 valence electrons. The third-order valence-electron chi connectivity index (χ3n) is 1.51. The number of amides is 1. The summed E-state index contributed by atoms with van der Waals surface area (Å²) in [5.74, 6) is -0.920. The van der Waals surface area contributed by atoms with Gasteiger partial charge in [0.05, 0.1) is 5.56 Å². The molecule has 1 amide bonds. The number of rotatable bonds is 1. The van der Waals surface area contributed by atoms with E-state index in [0.29, 0.717) is 15.6 Å². The molecule has 0 aliphatic carbocycles. The maximum Gasteiger partial charge on any atom is 0.249 e. The monoisotopic (exact) mass is 231 g/mol. The van der Waals surface area contributed by atoms with E-state index in [9.17, 15) is 9.18 Å². The van der Waals surface area contributed by atoms with E-state index in [0.717, 1.165) is 0 Å². The van der Waals surface area contributed by atoms with Crippen LogP contribution in [0.4, 0.5) is 4.39 Å². The van der Waals surface area contributed by atoms with Gasteiger partial charge in [0, 0.05) is 4.47 Å². The van der Waals surface area contributed by atoms with Crippen molar-refractivity contribution in [2.75, 3.05) is 0 Å². The average Bonchev–Trinajstić information content (AvgIpc) is 1.96. The quantitative estimate of drug-likeness (QED) is 0.790. The minimum Gasteiger partial charge on any atom is -0.366 e. The summed E-state index contributed by atoms with van der Waals surface area (Å²) in [4.78, 5) is 10.8. The second-order valence-electron chi connectivity index (χ2n) is 2.45. The van der Waals surface area contributed by atoms with Crippen molar-refractivity contribution in [3.63, 3.8) is 0 Å². The van der Waals surface area contributed by atoms with Gasteiger partial charge < -0.3 is 5.73 Å². The normalized spacial score (nSPS) is 9.92. The Morgan fingerprint density at radius 3 is 2.67 bits per heavy atom. The third kappa shape index (κ3) is 1.64. The van der Waals surface area contributed by atoms with Gasteiger partial charge in [0.1, 0.15) is 5.82 Å². The molecule has 2 nitrogen and oxygen atoms in total. The van der Waals surface area contributed by atoms with E-state index >= 15 is 0 Å². The molecule has 0 spiro atoms. The Bertz CT molecular complexity index is 338. The van der Waals surface area contributed by atoms with E-state index in [-0.39, 0.29) is 5.82 Å². The molecule has 0 atom stereocenters. The fourth-order valence-electron chi connectivity index (χ4n) is 0.846. The summed E-state index contributed by atoms with van der Waals surface area (Å²) in [6.45, 7) is 1.58. The van der Waals surface area contributed by atoms with Gasteiger partial charge in [-0.15, -0.1) is 0 Å². The van der Waals surface area contributed by atoms with E-state index in [1.165, 1.54) is 12.1 Å². The van der Waals surface area contributed by atoms with Gasteiger partial charge in [-0.3, -0.25) is 4.79 Å². The highest BCUT2D eigenvalue weighted by Crippen LogP contribution is 2.20. The van der Waals surface area contributed by atoms with Crippen LogP contribution in [0, 0.1) is 12.7 Å². The number of aryl methyl sites for hydroxylation is 1. The predicted molar refractivity (Wildman–Crippen MR) is 47.4 cm³/mol. The van der Waals surface area contributed by atoms with Gasteiger partial charge in [0.15, 0.2) is 0 Å². The number of hydrogen-bond donors (Lipinski definition) is 1. The molecule has 1 aromatic carbocycles. The highest BCUT2D eigenvalue weighted by atomic mass is 79.9. The van der Waals surface area contributed by atoms with Gasteiger partial charge in [-0.05, 0) is 40.5 Å². The van der Waals surface area contributed by atoms with Gasteiger partial charge in [-0.2, -0.15) is 0 Å². The molecule has 1 rings (SSSR count). The van der Waals surface area contributed by atoms with Crippen LogP contribution in [0.2, 0.25) is 0 Å². The molecule has 0 heterocycles. The van der Waals surface area contributed by atoms with Crippen molar-refractivity contribution in [1.82, 2.24) is 0 Å². The Morgan fingerprint density at radius 1 is 1.58 bits per heavy atom. The van der Waals surface area contributed by atoms with E-state index < -0.39 is 5.91 Å². The fourth-order valence-corrected chi connectivity index (χ4v) is 1.36. The lowest BCUT2D eigenvalue weighted by Gasteiger charge is -2.02. The molecule has 0 aliphatic rings. The summed E-state index contributed by atoms with van der Waals surface area (Å²) >= 11 is 3.04. The van der Waals surface area contributed by atoms with Crippen molar-refractivity contribution in [3.8, 4) is 0 Å². The van der Waals surface area contributed by atoms with Crippen LogP contribution >= 0.6 is 15.9 Å². The summed E-state index contributed by atoms with van der Waals surface area (Å²) in [5.41, 5.74) is 5.75. The van der Waals surface area contributed by atoms with Crippen molar-refractivity contribution in [3.05, 3.63) is 33.5 Å². The number of nitrogens with two attached hydrogens (primary N) is 1. The van der Waals surface area contributed by atoms with Crippen LogP contribution in [-0.4, -0.2) is 5.91 Å². The van der Waals surface area contributed by atoms with Crippen molar-refractivity contribution in [1.29, 1.82) is 0 Å². The lowest BCUT2D eigenvalue weighted by molar-refractivity contribution is 0.0999. The van der Waals surface area contributed by atoms with Gasteiger partial charge >= 0.3 is 0 Å². The van der Waals surface area contributed by atoms with Crippen LogP contribution in [0.25, 0.3) is 0 Å². The van der Waals surface area contributed by atoms with Crippen LogP contribution in [0.3, 0.4) is 0 Å². The van der Waals surface area contributed by atoms with Crippen LogP contribution in [-0.2, 0) is 0 Å². The molecule has 2 N–H and O–H groups in total. The summed E-state index contributed by atoms with van der Waals surface area (Å²) in [6, 6.07) is 2.65. The zero-order chi connectivity index (χ0) is 9.30. The number of carbonyl (C=O) groups excluding carboxylic acids is 1. The molecule has 0 aliphatic heterocycles. The first-order valence-corrected chi connectivity index (χ1v) is 4.07. The molecular weight excluding hydrogens is 225 g/mol. The Morgan fingerprint density at radius 2 is 2.17 bits per heavy atom. The summed E-state index contributed by atoms with van der Waals surface area (Å²) < 4.78 is 13.2. The second-order valence-corrected chi connectivity index (χ2v) is 3.30. The van der Waals surface area contributed by atoms with E-state index in [2.05, 4.69) is 15.9 Å². The maximum atomic E-state index is 12.8. The Balaban J connectivity index is 3.33. The smallest absolute Gasteiger partial charge is 0.249 e. The predicted octanol–water partition coefficient (Wildman–Crippen LogP) is 2.00. The maximum absolute atomic E-state index is 12.8. The molecule has 0 bridgehead atoms. The highest BCUT2D eigenvalue weighted by Gasteiger charge is 2.08. The molecule has 0 unspecified atom stereocenters. The molecule has 0 saturated carbocycles. The van der Waals surface area contributed by atoms with Crippen LogP contribution in [0.15, 0.2) is 16.6 Å². The molecule has 0 fully saturated rings. The molecule has 12 heavy (non-hydrogen) atoms. The molecule has 1 aromatic rings. The summed E-state index contributed by atoms with van der Waals surface area (Å²) in [7, 11) is 0. The minimum absolute atomic E-state index is 0.300. The fraction of sp³-hybridized carbons (Fsp3) is 0.125. The largest absolute Gasteiger partial charge is 0.366 e. The van der Waals surface area contributed by atoms with Crippen LogP contribution in [0.5, 0.6) is 0 Å². The molecule has 0 radical (unpaired) electrons. The van der Waals surface area contributed by atoms with Gasteiger partial charge in [0.25, 0.3) is 0 Å². The zero-order valence-electron chi connectivity index (χ0n) is 6.40. The number of halogens is 2. The molecular formula is C8H7BrFNO. The number of hydrogen-bond acceptors (Lipinski definition) is 1. The van der Waals surface area contributed by atoms with E-state index in [1.807, 2.05) is 0 Å². The summed E-state index contributed by atoms with van der Waals surface area (Å²) in [5, 5.41) is 0. The third-order valence-corrected chi connectivity index (χ3v) is 2.17. The van der Waals surface area contributed by atoms with Gasteiger partial charge in [0.2, 0.25) is 5.91 Å². The highest BCUT2D eigenvalue weighted by molar-refractivity contribution is 9.10. The summed E-state index contributed by atoms with van der Waals surface area (Å²) in [6.07, 6.45) is 0. The minimum atomic E-state index is -0.565. The lowest BCUT2D eigenvalue weighted by atomic mass is 10.1. The van der Waals surface area contributed by atoms with Crippen molar-refractivity contribution >= 4 is 21.8 Å². The van der Waals surface area contributed by atoms with Crippen molar-refractivity contribution < 1.29 is 9.18 Å². The van der Waals surface area contributed by atoms with E-state index in [4.69, 9.17) is 5.73 Å². The second kappa shape index (κ2) is 3.23. The Labute approximate surface area is 77.7 Å². The first-order valence-electron chi connectivity index (χ1n) is 3.28. The van der Waals surface area contributed by atoms with E-state index in [1.54, 1.807) is 6.92 Å². The van der Waals surface area contributed by atoms with Crippen molar-refractivity contribution in [2.45, 2.75) is 6.92 Å². The van der Waals surface area contributed by atoms with Crippen molar-refractivity contribution in [2.24, 2.45) is 5.73 Å². The van der Waals surface area contributed by atoms with Crippen LogP contribution < -0.4 is 5.73 Å². The SMILES string of the molecule is Cc1cc(C(N)=O)c(Br)cc1F. The number of carbonyl (C=O) groups is 1. The number of benzene rings is 1. The molecule has 0 aromatic heterocycles. The molecule has 4 heteroatoms. The Hall–Kier alpha value is -0.900.